The fourth-order valence-electron chi connectivity index (χ4n) is 4.62. The summed E-state index contributed by atoms with van der Waals surface area (Å²) in [5.74, 6) is -2.01. The highest BCUT2D eigenvalue weighted by atomic mass is 35.5. The molecule has 0 radical (unpaired) electrons. The molecule has 1 aromatic heterocycles. The Bertz CT molecular complexity index is 1280. The van der Waals surface area contributed by atoms with Crippen molar-refractivity contribution in [2.45, 2.75) is 31.8 Å². The fraction of sp³-hybridized carbons (Fsp3) is 0.292. The molecule has 1 N–H and O–H groups in total. The highest BCUT2D eigenvalue weighted by Crippen LogP contribution is 2.33. The molecule has 5 rings (SSSR count). The average Bonchev–Trinajstić information content (AvgIpc) is 3.06. The number of nitrogens with zero attached hydrogens (tertiary/aromatic N) is 3. The van der Waals surface area contributed by atoms with Gasteiger partial charge in [0, 0.05) is 44.0 Å². The molecule has 1 fully saturated rings. The molecule has 4 heterocycles. The van der Waals surface area contributed by atoms with Crippen LogP contribution in [-0.4, -0.2) is 57.5 Å². The molecule has 1 atom stereocenters. The van der Waals surface area contributed by atoms with Crippen LogP contribution in [0, 0.1) is 0 Å². The quantitative estimate of drug-likeness (QED) is 0.650. The van der Waals surface area contributed by atoms with E-state index in [0.29, 0.717) is 23.1 Å². The van der Waals surface area contributed by atoms with Crippen molar-refractivity contribution in [1.82, 2.24) is 20.1 Å². The lowest BCUT2D eigenvalue weighted by atomic mass is 10.00. The number of carbonyl (C=O) groups is 4. The Morgan fingerprint density at radius 1 is 1.00 bits per heavy atom. The summed E-state index contributed by atoms with van der Waals surface area (Å²) in [7, 11) is 0. The number of hydrogen-bond acceptors (Lipinski definition) is 6. The number of carbonyl (C=O) groups excluding carboxylic acids is 4. The predicted molar refractivity (Wildman–Crippen MR) is 125 cm³/mol. The molecule has 1 aromatic carbocycles. The van der Waals surface area contributed by atoms with Crippen LogP contribution < -0.4 is 5.32 Å². The van der Waals surface area contributed by atoms with E-state index in [0.717, 1.165) is 34.6 Å². The van der Waals surface area contributed by atoms with Gasteiger partial charge in [0.25, 0.3) is 11.8 Å². The third-order valence-corrected chi connectivity index (χ3v) is 7.18. The zero-order valence-corrected chi connectivity index (χ0v) is 19.5. The topological polar surface area (TPSA) is 99.7 Å². The summed E-state index contributed by atoms with van der Waals surface area (Å²) in [6, 6.07) is 4.22. The number of benzene rings is 1. The Labute approximate surface area is 205 Å². The summed E-state index contributed by atoms with van der Waals surface area (Å²) < 4.78 is 0. The molecule has 4 amide bonds. The summed E-state index contributed by atoms with van der Waals surface area (Å²) in [4.78, 5) is 56.9. The monoisotopic (exact) mass is 498 g/mol. The number of aromatic nitrogens is 1. The lowest BCUT2D eigenvalue weighted by Gasteiger charge is -2.27. The normalized spacial score (nSPS) is 20.9. The number of imide groups is 2. The Morgan fingerprint density at radius 2 is 1.79 bits per heavy atom. The molecular formula is C24H20Cl2N4O4. The van der Waals surface area contributed by atoms with E-state index in [2.05, 4.69) is 21.3 Å². The van der Waals surface area contributed by atoms with Crippen LogP contribution >= 0.6 is 23.2 Å². The molecule has 0 spiro atoms. The first-order valence-corrected chi connectivity index (χ1v) is 11.6. The molecule has 8 nitrogen and oxygen atoms in total. The van der Waals surface area contributed by atoms with Crippen molar-refractivity contribution in [3.63, 3.8) is 0 Å². The van der Waals surface area contributed by atoms with Crippen LogP contribution in [0.15, 0.2) is 36.7 Å². The van der Waals surface area contributed by atoms with Crippen molar-refractivity contribution >= 4 is 52.4 Å². The molecular weight excluding hydrogens is 479 g/mol. The SMILES string of the molecule is O=C1CCC(N2C(=O)c3ccc(CN4CC=C(c5cncc(Cl)c5Cl)CC4)cc3C2=O)C(=O)N1. The summed E-state index contributed by atoms with van der Waals surface area (Å²) in [5, 5.41) is 3.13. The number of amides is 4. The summed E-state index contributed by atoms with van der Waals surface area (Å²) in [6.45, 7) is 2.06. The van der Waals surface area contributed by atoms with Gasteiger partial charge in [-0.25, -0.2) is 0 Å². The van der Waals surface area contributed by atoms with E-state index in [-0.39, 0.29) is 24.0 Å². The maximum absolute atomic E-state index is 13.0. The van der Waals surface area contributed by atoms with Gasteiger partial charge >= 0.3 is 0 Å². The van der Waals surface area contributed by atoms with Crippen molar-refractivity contribution in [3.05, 3.63) is 69.0 Å². The van der Waals surface area contributed by atoms with Gasteiger partial charge in [-0.05, 0) is 36.1 Å². The number of fused-ring (bicyclic) bond motifs is 1. The van der Waals surface area contributed by atoms with Crippen LogP contribution in [0.1, 0.15) is 51.1 Å². The number of piperidine rings is 1. The molecule has 3 aliphatic heterocycles. The predicted octanol–water partition coefficient (Wildman–Crippen LogP) is 3.08. The second-order valence-corrected chi connectivity index (χ2v) is 9.31. The van der Waals surface area contributed by atoms with E-state index < -0.39 is 29.7 Å². The molecule has 0 bridgehead atoms. The summed E-state index contributed by atoms with van der Waals surface area (Å²) in [6.07, 6.45) is 6.33. The number of pyridine rings is 1. The fourth-order valence-corrected chi connectivity index (χ4v) is 4.99. The number of halogens is 2. The maximum Gasteiger partial charge on any atom is 0.262 e. The Hall–Kier alpha value is -3.07. The third-order valence-electron chi connectivity index (χ3n) is 6.39. The highest BCUT2D eigenvalue weighted by molar-refractivity contribution is 6.43. The smallest absolute Gasteiger partial charge is 0.262 e. The zero-order valence-electron chi connectivity index (χ0n) is 18.0. The van der Waals surface area contributed by atoms with Gasteiger partial charge in [-0.1, -0.05) is 35.3 Å². The highest BCUT2D eigenvalue weighted by Gasteiger charge is 2.44. The average molecular weight is 499 g/mol. The number of nitrogens with one attached hydrogen (secondary N) is 1. The van der Waals surface area contributed by atoms with E-state index in [1.54, 1.807) is 18.3 Å². The molecule has 34 heavy (non-hydrogen) atoms. The Balaban J connectivity index is 1.30. The number of rotatable bonds is 4. The molecule has 3 aliphatic rings. The van der Waals surface area contributed by atoms with Crippen LogP contribution in [-0.2, 0) is 16.1 Å². The summed E-state index contributed by atoms with van der Waals surface area (Å²) >= 11 is 12.4. The third kappa shape index (κ3) is 4.02. The zero-order chi connectivity index (χ0) is 24.0. The first-order chi connectivity index (χ1) is 16.3. The van der Waals surface area contributed by atoms with Crippen molar-refractivity contribution in [1.29, 1.82) is 0 Å². The second kappa shape index (κ2) is 8.94. The molecule has 174 valence electrons. The lowest BCUT2D eigenvalue weighted by Crippen LogP contribution is -2.54. The van der Waals surface area contributed by atoms with Gasteiger partial charge < -0.3 is 0 Å². The Morgan fingerprint density at radius 3 is 2.53 bits per heavy atom. The van der Waals surface area contributed by atoms with Crippen molar-refractivity contribution in [3.8, 4) is 0 Å². The molecule has 2 aromatic rings. The van der Waals surface area contributed by atoms with E-state index >= 15 is 0 Å². The minimum absolute atomic E-state index is 0.0932. The summed E-state index contributed by atoms with van der Waals surface area (Å²) in [5.41, 5.74) is 3.39. The van der Waals surface area contributed by atoms with Gasteiger partial charge in [0.1, 0.15) is 6.04 Å². The van der Waals surface area contributed by atoms with Crippen LogP contribution in [0.4, 0.5) is 0 Å². The first kappa shape index (κ1) is 22.7. The van der Waals surface area contributed by atoms with Crippen molar-refractivity contribution < 1.29 is 19.2 Å². The van der Waals surface area contributed by atoms with Gasteiger partial charge in [0.05, 0.1) is 21.2 Å². The molecule has 10 heteroatoms. The second-order valence-electron chi connectivity index (χ2n) is 8.52. The largest absolute Gasteiger partial charge is 0.295 e. The Kier molecular flexibility index (Phi) is 5.97. The molecule has 1 saturated heterocycles. The van der Waals surface area contributed by atoms with Crippen LogP contribution in [0.3, 0.4) is 0 Å². The van der Waals surface area contributed by atoms with Crippen LogP contribution in [0.2, 0.25) is 10.0 Å². The van der Waals surface area contributed by atoms with Gasteiger partial charge in [-0.2, -0.15) is 0 Å². The first-order valence-electron chi connectivity index (χ1n) is 10.9. The molecule has 1 unspecified atom stereocenters. The standard InChI is InChI=1S/C24H20Cl2N4O4/c25-18-11-27-10-17(21(18)26)14-5-7-29(8-6-14)12-13-1-2-15-16(9-13)24(34)30(23(15)33)19-3-4-20(31)28-22(19)32/h1-2,5,9-11,19H,3-4,6-8,12H2,(H,28,31,32). The van der Waals surface area contributed by atoms with Crippen LogP contribution in [0.25, 0.3) is 5.57 Å². The van der Waals surface area contributed by atoms with Gasteiger partial charge in [0.15, 0.2) is 0 Å². The number of hydrogen-bond donors (Lipinski definition) is 1. The van der Waals surface area contributed by atoms with Crippen molar-refractivity contribution in [2.75, 3.05) is 13.1 Å². The van der Waals surface area contributed by atoms with E-state index in [9.17, 15) is 19.2 Å². The van der Waals surface area contributed by atoms with E-state index in [1.807, 2.05) is 6.07 Å². The lowest BCUT2D eigenvalue weighted by molar-refractivity contribution is -0.136. The minimum atomic E-state index is -0.966. The van der Waals surface area contributed by atoms with Crippen molar-refractivity contribution in [2.24, 2.45) is 0 Å². The maximum atomic E-state index is 13.0. The van der Waals surface area contributed by atoms with Gasteiger partial charge in [-0.3, -0.25) is 39.3 Å². The van der Waals surface area contributed by atoms with Crippen LogP contribution in [0.5, 0.6) is 0 Å². The minimum Gasteiger partial charge on any atom is -0.295 e. The van der Waals surface area contributed by atoms with Gasteiger partial charge in [-0.15, -0.1) is 0 Å². The molecule has 0 saturated carbocycles. The van der Waals surface area contributed by atoms with Gasteiger partial charge in [0.2, 0.25) is 11.8 Å². The van der Waals surface area contributed by atoms with E-state index in [4.69, 9.17) is 23.2 Å². The molecule has 0 aliphatic carbocycles. The van der Waals surface area contributed by atoms with E-state index in [1.165, 1.54) is 6.20 Å².